The third-order valence-corrected chi connectivity index (χ3v) is 4.25. The molecule has 1 unspecified atom stereocenters. The number of nitrogens with two attached hydrogens (primary N) is 1. The van der Waals surface area contributed by atoms with E-state index in [1.54, 1.807) is 24.3 Å². The van der Waals surface area contributed by atoms with E-state index in [0.717, 1.165) is 12.8 Å². The van der Waals surface area contributed by atoms with Crippen LogP contribution in [0.5, 0.6) is 0 Å². The van der Waals surface area contributed by atoms with E-state index in [4.69, 9.17) is 5.73 Å². The highest BCUT2D eigenvalue weighted by atomic mass is 35.5. The Kier molecular flexibility index (Phi) is 6.28. The second-order valence-corrected chi connectivity index (χ2v) is 6.09. The maximum atomic E-state index is 13.0. The van der Waals surface area contributed by atoms with Crippen molar-refractivity contribution in [3.8, 4) is 0 Å². The van der Waals surface area contributed by atoms with Gasteiger partial charge in [0.05, 0.1) is 5.56 Å². The normalized spacial score (nSPS) is 14.3. The van der Waals surface area contributed by atoms with Crippen molar-refractivity contribution in [3.63, 3.8) is 0 Å². The largest absolute Gasteiger partial charge is 0.350 e. The molecule has 0 saturated heterocycles. The lowest BCUT2D eigenvalue weighted by atomic mass is 9.98. The lowest BCUT2D eigenvalue weighted by Gasteiger charge is -2.13. The summed E-state index contributed by atoms with van der Waals surface area (Å²) in [5.41, 5.74) is 6.92. The SMILES string of the molecule is Cl.NC(CNC(=O)c1ccccc1C(=O)c1ccc(F)cc1)C1CC1. The molecule has 3 rings (SSSR count). The number of nitrogens with one attached hydrogen (secondary N) is 1. The molecule has 0 radical (unpaired) electrons. The molecule has 3 N–H and O–H groups in total. The first-order chi connectivity index (χ1) is 11.6. The van der Waals surface area contributed by atoms with Crippen LogP contribution in [0.2, 0.25) is 0 Å². The zero-order valence-electron chi connectivity index (χ0n) is 13.6. The Bertz CT molecular complexity index is 760. The minimum Gasteiger partial charge on any atom is -0.350 e. The standard InChI is InChI=1S/C19H19FN2O2.ClH/c20-14-9-7-13(8-10-14)18(23)15-3-1-2-4-16(15)19(24)22-11-17(21)12-5-6-12;/h1-4,7-10,12,17H,5-6,11,21H2,(H,22,24);1H. The minimum atomic E-state index is -0.411. The summed E-state index contributed by atoms with van der Waals surface area (Å²) in [5, 5.41) is 2.80. The second-order valence-electron chi connectivity index (χ2n) is 6.09. The van der Waals surface area contributed by atoms with Gasteiger partial charge in [-0.15, -0.1) is 12.4 Å². The highest BCUT2D eigenvalue weighted by Crippen LogP contribution is 2.31. The van der Waals surface area contributed by atoms with Gasteiger partial charge in [0.2, 0.25) is 0 Å². The van der Waals surface area contributed by atoms with Crippen LogP contribution in [0.1, 0.15) is 39.1 Å². The number of hydrogen-bond acceptors (Lipinski definition) is 3. The summed E-state index contributed by atoms with van der Waals surface area (Å²) in [6.07, 6.45) is 2.22. The predicted molar refractivity (Wildman–Crippen MR) is 96.6 cm³/mol. The van der Waals surface area contributed by atoms with Gasteiger partial charge in [-0.05, 0) is 49.1 Å². The van der Waals surface area contributed by atoms with Crippen molar-refractivity contribution in [1.29, 1.82) is 0 Å². The first kappa shape index (κ1) is 19.1. The van der Waals surface area contributed by atoms with Crippen molar-refractivity contribution in [3.05, 3.63) is 71.0 Å². The predicted octanol–water partition coefficient (Wildman–Crippen LogP) is 2.95. The molecular formula is C19H20ClFN2O2. The van der Waals surface area contributed by atoms with E-state index in [1.807, 2.05) is 0 Å². The van der Waals surface area contributed by atoms with Gasteiger partial charge in [-0.25, -0.2) is 4.39 Å². The molecule has 132 valence electrons. The first-order valence-electron chi connectivity index (χ1n) is 7.99. The minimum absolute atomic E-state index is 0. The number of rotatable bonds is 6. The number of hydrogen-bond donors (Lipinski definition) is 2. The molecule has 2 aromatic carbocycles. The average Bonchev–Trinajstić information content (AvgIpc) is 3.44. The Morgan fingerprint density at radius 2 is 1.68 bits per heavy atom. The molecule has 1 saturated carbocycles. The second kappa shape index (κ2) is 8.23. The molecule has 0 aliphatic heterocycles. The van der Waals surface area contributed by atoms with Crippen LogP contribution in [0.15, 0.2) is 48.5 Å². The van der Waals surface area contributed by atoms with Gasteiger partial charge < -0.3 is 11.1 Å². The van der Waals surface area contributed by atoms with Crippen molar-refractivity contribution in [1.82, 2.24) is 5.32 Å². The van der Waals surface area contributed by atoms with Gasteiger partial charge in [-0.2, -0.15) is 0 Å². The summed E-state index contributed by atoms with van der Waals surface area (Å²) < 4.78 is 13.0. The van der Waals surface area contributed by atoms with Gasteiger partial charge >= 0.3 is 0 Å². The number of ketones is 1. The quantitative estimate of drug-likeness (QED) is 0.776. The molecule has 0 heterocycles. The highest BCUT2D eigenvalue weighted by Gasteiger charge is 2.28. The smallest absolute Gasteiger partial charge is 0.252 e. The molecule has 4 nitrogen and oxygen atoms in total. The molecule has 0 bridgehead atoms. The van der Waals surface area contributed by atoms with Gasteiger partial charge in [0, 0.05) is 23.7 Å². The van der Waals surface area contributed by atoms with E-state index >= 15 is 0 Å². The van der Waals surface area contributed by atoms with Gasteiger partial charge in [-0.3, -0.25) is 9.59 Å². The van der Waals surface area contributed by atoms with E-state index in [0.29, 0.717) is 29.2 Å². The molecule has 1 amide bonds. The topological polar surface area (TPSA) is 72.2 Å². The van der Waals surface area contributed by atoms with Crippen molar-refractivity contribution < 1.29 is 14.0 Å². The molecule has 1 atom stereocenters. The Morgan fingerprint density at radius 1 is 1.08 bits per heavy atom. The summed E-state index contributed by atoms with van der Waals surface area (Å²) in [6.45, 7) is 0.391. The number of carbonyl (C=O) groups is 2. The molecule has 6 heteroatoms. The van der Waals surface area contributed by atoms with E-state index in [-0.39, 0.29) is 30.1 Å². The summed E-state index contributed by atoms with van der Waals surface area (Å²) >= 11 is 0. The van der Waals surface area contributed by atoms with Crippen molar-refractivity contribution in [2.75, 3.05) is 6.54 Å². The number of amides is 1. The van der Waals surface area contributed by atoms with Gasteiger partial charge in [0.25, 0.3) is 5.91 Å². The van der Waals surface area contributed by atoms with Crippen LogP contribution in [-0.2, 0) is 0 Å². The van der Waals surface area contributed by atoms with Crippen molar-refractivity contribution in [2.45, 2.75) is 18.9 Å². The van der Waals surface area contributed by atoms with Crippen LogP contribution < -0.4 is 11.1 Å². The average molecular weight is 363 g/mol. The third-order valence-electron chi connectivity index (χ3n) is 4.25. The van der Waals surface area contributed by atoms with E-state index < -0.39 is 5.82 Å². The monoisotopic (exact) mass is 362 g/mol. The molecular weight excluding hydrogens is 343 g/mol. The van der Waals surface area contributed by atoms with E-state index in [9.17, 15) is 14.0 Å². The third kappa shape index (κ3) is 4.65. The Labute approximate surface area is 152 Å². The number of carbonyl (C=O) groups excluding carboxylic acids is 2. The summed E-state index contributed by atoms with van der Waals surface area (Å²) in [6, 6.07) is 11.8. The first-order valence-corrected chi connectivity index (χ1v) is 7.99. The maximum absolute atomic E-state index is 13.0. The lowest BCUT2D eigenvalue weighted by Crippen LogP contribution is -2.39. The summed E-state index contributed by atoms with van der Waals surface area (Å²) in [7, 11) is 0. The Hall–Kier alpha value is -2.24. The van der Waals surface area contributed by atoms with Gasteiger partial charge in [0.15, 0.2) is 5.78 Å². The molecule has 1 aliphatic carbocycles. The molecule has 1 fully saturated rings. The van der Waals surface area contributed by atoms with Crippen molar-refractivity contribution in [2.24, 2.45) is 11.7 Å². The van der Waals surface area contributed by atoms with Gasteiger partial charge in [0.1, 0.15) is 5.82 Å². The van der Waals surface area contributed by atoms with Crippen LogP contribution in [0.4, 0.5) is 4.39 Å². The molecule has 2 aromatic rings. The van der Waals surface area contributed by atoms with E-state index in [2.05, 4.69) is 5.32 Å². The molecule has 0 aromatic heterocycles. The Balaban J connectivity index is 0.00000225. The zero-order valence-corrected chi connectivity index (χ0v) is 14.4. The maximum Gasteiger partial charge on any atom is 0.252 e. The fourth-order valence-electron chi connectivity index (χ4n) is 2.63. The molecule has 0 spiro atoms. The fourth-order valence-corrected chi connectivity index (χ4v) is 2.63. The number of benzene rings is 2. The number of halogens is 2. The fraction of sp³-hybridized carbons (Fsp3) is 0.263. The van der Waals surface area contributed by atoms with Crippen LogP contribution in [0.25, 0.3) is 0 Å². The summed E-state index contributed by atoms with van der Waals surface area (Å²) in [5.74, 6) is -0.558. The summed E-state index contributed by atoms with van der Waals surface area (Å²) in [4.78, 5) is 25.0. The Morgan fingerprint density at radius 3 is 2.28 bits per heavy atom. The molecule has 25 heavy (non-hydrogen) atoms. The van der Waals surface area contributed by atoms with Crippen LogP contribution in [-0.4, -0.2) is 24.3 Å². The zero-order chi connectivity index (χ0) is 17.1. The van der Waals surface area contributed by atoms with Crippen LogP contribution >= 0.6 is 12.4 Å². The van der Waals surface area contributed by atoms with Crippen molar-refractivity contribution >= 4 is 24.1 Å². The van der Waals surface area contributed by atoms with Crippen LogP contribution in [0, 0.1) is 11.7 Å². The van der Waals surface area contributed by atoms with E-state index in [1.165, 1.54) is 24.3 Å². The molecule has 1 aliphatic rings. The lowest BCUT2D eigenvalue weighted by molar-refractivity contribution is 0.0939. The highest BCUT2D eigenvalue weighted by molar-refractivity contribution is 6.15. The van der Waals surface area contributed by atoms with Crippen LogP contribution in [0.3, 0.4) is 0 Å². The van der Waals surface area contributed by atoms with Gasteiger partial charge in [-0.1, -0.05) is 18.2 Å².